The highest BCUT2D eigenvalue weighted by Gasteiger charge is 2.30. The summed E-state index contributed by atoms with van der Waals surface area (Å²) in [5.74, 6) is 0.488. The summed E-state index contributed by atoms with van der Waals surface area (Å²) in [5.41, 5.74) is 3.53. The summed E-state index contributed by atoms with van der Waals surface area (Å²) in [7, 11) is 0. The lowest BCUT2D eigenvalue weighted by Gasteiger charge is -2.34. The zero-order valence-electron chi connectivity index (χ0n) is 15.6. The third-order valence-corrected chi connectivity index (χ3v) is 5.88. The Bertz CT molecular complexity index is 731. The molecule has 1 N–H and O–H groups in total. The van der Waals surface area contributed by atoms with Crippen LogP contribution in [0.5, 0.6) is 0 Å². The summed E-state index contributed by atoms with van der Waals surface area (Å²) >= 11 is 0. The van der Waals surface area contributed by atoms with E-state index in [2.05, 4.69) is 21.9 Å². The van der Waals surface area contributed by atoms with Crippen molar-refractivity contribution in [3.8, 4) is 0 Å². The molecule has 0 aliphatic carbocycles. The monoisotopic (exact) mass is 390 g/mol. The molecular weight excluding hydrogens is 363 g/mol. The van der Waals surface area contributed by atoms with E-state index in [0.717, 1.165) is 44.7 Å². The van der Waals surface area contributed by atoms with Gasteiger partial charge in [-0.3, -0.25) is 4.90 Å². The van der Waals surface area contributed by atoms with Crippen molar-refractivity contribution < 1.29 is 9.50 Å². The zero-order chi connectivity index (χ0) is 17.9. The van der Waals surface area contributed by atoms with Crippen LogP contribution in [0, 0.1) is 11.7 Å². The van der Waals surface area contributed by atoms with E-state index < -0.39 is 6.23 Å². The van der Waals surface area contributed by atoms with Crippen molar-refractivity contribution >= 4 is 12.4 Å². The van der Waals surface area contributed by atoms with Crippen molar-refractivity contribution in [3.05, 3.63) is 71.0 Å². The number of hydrogen-bond acceptors (Lipinski definition) is 3. The maximum Gasteiger partial charge on any atom is 0.134 e. The molecule has 1 saturated heterocycles. The molecule has 3 nitrogen and oxygen atoms in total. The van der Waals surface area contributed by atoms with E-state index in [4.69, 9.17) is 0 Å². The van der Waals surface area contributed by atoms with Crippen LogP contribution in [-0.2, 0) is 13.0 Å². The van der Waals surface area contributed by atoms with Gasteiger partial charge in [0.2, 0.25) is 0 Å². The summed E-state index contributed by atoms with van der Waals surface area (Å²) in [6.07, 6.45) is 2.90. The zero-order valence-corrected chi connectivity index (χ0v) is 16.4. The highest BCUT2D eigenvalue weighted by Crippen LogP contribution is 2.33. The van der Waals surface area contributed by atoms with Crippen molar-refractivity contribution in [1.29, 1.82) is 0 Å². The van der Waals surface area contributed by atoms with E-state index in [-0.39, 0.29) is 18.2 Å². The molecule has 0 bridgehead atoms. The lowest BCUT2D eigenvalue weighted by Crippen LogP contribution is -2.39. The number of likely N-dealkylation sites (tertiary alicyclic amines) is 1. The summed E-state index contributed by atoms with van der Waals surface area (Å²) in [5, 5.41) is 10.5. The van der Waals surface area contributed by atoms with E-state index in [1.54, 1.807) is 12.1 Å². The number of piperidine rings is 1. The fourth-order valence-corrected chi connectivity index (χ4v) is 4.26. The van der Waals surface area contributed by atoms with Gasteiger partial charge >= 0.3 is 0 Å². The first-order chi connectivity index (χ1) is 12.7. The summed E-state index contributed by atoms with van der Waals surface area (Å²) in [6.45, 7) is 5.10. The Hall–Kier alpha value is -1.46. The second-order valence-corrected chi connectivity index (χ2v) is 7.66. The van der Waals surface area contributed by atoms with Gasteiger partial charge in [0, 0.05) is 19.6 Å². The van der Waals surface area contributed by atoms with Crippen molar-refractivity contribution in [2.24, 2.45) is 5.92 Å². The topological polar surface area (TPSA) is 26.7 Å². The fourth-order valence-electron chi connectivity index (χ4n) is 4.26. The predicted octanol–water partition coefficient (Wildman–Crippen LogP) is 4.01. The van der Waals surface area contributed by atoms with E-state index in [1.165, 1.54) is 24.0 Å². The first-order valence-corrected chi connectivity index (χ1v) is 9.66. The molecule has 1 unspecified atom stereocenters. The van der Waals surface area contributed by atoms with Gasteiger partial charge in [-0.1, -0.05) is 36.4 Å². The average Bonchev–Trinajstić information content (AvgIpc) is 2.98. The molecule has 2 aliphatic heterocycles. The van der Waals surface area contributed by atoms with Crippen LogP contribution < -0.4 is 0 Å². The van der Waals surface area contributed by atoms with Gasteiger partial charge < -0.3 is 10.0 Å². The number of aliphatic hydroxyl groups excluding tert-OH is 1. The van der Waals surface area contributed by atoms with Crippen LogP contribution in [0.1, 0.15) is 35.8 Å². The average molecular weight is 391 g/mol. The standard InChI is InChI=1S/C22H27FN2O.ClH/c23-20-7-5-17(6-8-20)9-12-24-13-10-18(11-14-24)15-25-16-19-3-1-2-4-21(19)22(25)26;/h1-8,18,22,26H,9-16H2;1H. The summed E-state index contributed by atoms with van der Waals surface area (Å²) in [4.78, 5) is 4.72. The molecule has 2 heterocycles. The normalized spacial score (nSPS) is 21.0. The smallest absolute Gasteiger partial charge is 0.134 e. The van der Waals surface area contributed by atoms with E-state index >= 15 is 0 Å². The Morgan fingerprint density at radius 3 is 2.41 bits per heavy atom. The van der Waals surface area contributed by atoms with Crippen LogP contribution in [0.4, 0.5) is 4.39 Å². The molecule has 0 saturated carbocycles. The van der Waals surface area contributed by atoms with Crippen LogP contribution in [0.3, 0.4) is 0 Å². The molecule has 0 amide bonds. The molecule has 1 fully saturated rings. The number of fused-ring (bicyclic) bond motifs is 1. The van der Waals surface area contributed by atoms with E-state index in [1.807, 2.05) is 24.3 Å². The Kier molecular flexibility index (Phi) is 6.88. The maximum atomic E-state index is 13.0. The van der Waals surface area contributed by atoms with Gasteiger partial charge in [0.15, 0.2) is 0 Å². The first kappa shape index (κ1) is 20.3. The Labute approximate surface area is 167 Å². The lowest BCUT2D eigenvalue weighted by atomic mass is 9.96. The van der Waals surface area contributed by atoms with Gasteiger partial charge in [-0.05, 0) is 67.1 Å². The van der Waals surface area contributed by atoms with E-state index in [0.29, 0.717) is 5.92 Å². The minimum absolute atomic E-state index is 0. The minimum atomic E-state index is -0.442. The molecule has 2 aromatic rings. The molecule has 4 rings (SSSR count). The predicted molar refractivity (Wildman–Crippen MR) is 108 cm³/mol. The molecular formula is C22H28ClFN2O. The van der Waals surface area contributed by atoms with Crippen LogP contribution in [-0.4, -0.2) is 41.1 Å². The van der Waals surface area contributed by atoms with Gasteiger partial charge in [-0.2, -0.15) is 0 Å². The molecule has 27 heavy (non-hydrogen) atoms. The van der Waals surface area contributed by atoms with Gasteiger partial charge in [-0.15, -0.1) is 12.4 Å². The number of rotatable bonds is 5. The number of benzene rings is 2. The van der Waals surface area contributed by atoms with Gasteiger partial charge in [-0.25, -0.2) is 4.39 Å². The summed E-state index contributed by atoms with van der Waals surface area (Å²) in [6, 6.07) is 15.1. The third kappa shape index (κ3) is 4.88. The number of hydrogen-bond donors (Lipinski definition) is 1. The van der Waals surface area contributed by atoms with Gasteiger partial charge in [0.25, 0.3) is 0 Å². The third-order valence-electron chi connectivity index (χ3n) is 5.88. The second kappa shape index (κ2) is 9.16. The first-order valence-electron chi connectivity index (χ1n) is 9.66. The van der Waals surface area contributed by atoms with Crippen molar-refractivity contribution in [3.63, 3.8) is 0 Å². The highest BCUT2D eigenvalue weighted by molar-refractivity contribution is 5.85. The molecule has 146 valence electrons. The van der Waals surface area contributed by atoms with Crippen molar-refractivity contribution in [2.75, 3.05) is 26.2 Å². The molecule has 2 aromatic carbocycles. The number of halogens is 2. The van der Waals surface area contributed by atoms with Crippen LogP contribution in [0.25, 0.3) is 0 Å². The fraction of sp³-hybridized carbons (Fsp3) is 0.455. The molecule has 0 radical (unpaired) electrons. The van der Waals surface area contributed by atoms with Crippen molar-refractivity contribution in [2.45, 2.75) is 32.0 Å². The quantitative estimate of drug-likeness (QED) is 0.835. The maximum absolute atomic E-state index is 13.0. The Morgan fingerprint density at radius 1 is 1.00 bits per heavy atom. The Morgan fingerprint density at radius 2 is 1.70 bits per heavy atom. The largest absolute Gasteiger partial charge is 0.374 e. The minimum Gasteiger partial charge on any atom is -0.374 e. The molecule has 1 atom stereocenters. The molecule has 2 aliphatic rings. The van der Waals surface area contributed by atoms with Gasteiger partial charge in [0.1, 0.15) is 12.0 Å². The van der Waals surface area contributed by atoms with Crippen LogP contribution in [0.15, 0.2) is 48.5 Å². The van der Waals surface area contributed by atoms with Crippen molar-refractivity contribution in [1.82, 2.24) is 9.80 Å². The van der Waals surface area contributed by atoms with Crippen LogP contribution >= 0.6 is 12.4 Å². The second-order valence-electron chi connectivity index (χ2n) is 7.66. The van der Waals surface area contributed by atoms with Crippen LogP contribution in [0.2, 0.25) is 0 Å². The summed E-state index contributed by atoms with van der Waals surface area (Å²) < 4.78 is 13.0. The highest BCUT2D eigenvalue weighted by atomic mass is 35.5. The molecule has 5 heteroatoms. The number of aliphatic hydroxyl groups is 1. The van der Waals surface area contributed by atoms with E-state index in [9.17, 15) is 9.50 Å². The Balaban J connectivity index is 0.00000210. The number of nitrogens with zero attached hydrogens (tertiary/aromatic N) is 2. The SMILES string of the molecule is Cl.OC1c2ccccc2CN1CC1CCN(CCc2ccc(F)cc2)CC1. The lowest BCUT2D eigenvalue weighted by molar-refractivity contribution is -0.00370. The molecule has 0 aromatic heterocycles. The molecule has 0 spiro atoms. The van der Waals surface area contributed by atoms with Gasteiger partial charge in [0.05, 0.1) is 0 Å².